The number of hydrogen-bond acceptors (Lipinski definition) is 5. The number of ether oxygens (including phenoxy) is 1. The summed E-state index contributed by atoms with van der Waals surface area (Å²) >= 11 is 0. The first-order chi connectivity index (χ1) is 18.9. The van der Waals surface area contributed by atoms with Crippen LogP contribution in [0.15, 0.2) is 91.0 Å². The van der Waals surface area contributed by atoms with E-state index in [1.165, 1.54) is 27.9 Å². The molecule has 0 fully saturated rings. The molecule has 0 aliphatic carbocycles. The molecule has 4 aromatic carbocycles. The van der Waals surface area contributed by atoms with Crippen LogP contribution < -0.4 is 24.4 Å². The van der Waals surface area contributed by atoms with Crippen molar-refractivity contribution in [3.8, 4) is 11.5 Å². The Morgan fingerprint density at radius 2 is 1.46 bits per heavy atom. The Labute approximate surface area is 233 Å². The maximum absolute atomic E-state index is 6.68. The Balaban J connectivity index is 1.79. The topological polar surface area (TPSA) is 28.2 Å². The lowest BCUT2D eigenvalue weighted by Crippen LogP contribution is -2.48. The number of anilines is 3. The van der Waals surface area contributed by atoms with Crippen molar-refractivity contribution in [1.29, 1.82) is 0 Å². The van der Waals surface area contributed by atoms with E-state index in [2.05, 4.69) is 130 Å². The number of rotatable bonds is 8. The smallest absolute Gasteiger partial charge is 0.161 e. The summed E-state index contributed by atoms with van der Waals surface area (Å²) in [6, 6.07) is 32.5. The zero-order chi connectivity index (χ0) is 27.6. The van der Waals surface area contributed by atoms with Gasteiger partial charge in [0.15, 0.2) is 5.75 Å². The number of benzene rings is 4. The average molecular weight is 522 g/mol. The van der Waals surface area contributed by atoms with E-state index < -0.39 is 5.41 Å². The van der Waals surface area contributed by atoms with Crippen LogP contribution in [0, 0.1) is 6.92 Å². The second-order valence-electron chi connectivity index (χ2n) is 10.3. The van der Waals surface area contributed by atoms with Crippen molar-refractivity contribution in [2.24, 2.45) is 0 Å². The molecule has 1 unspecified atom stereocenters. The minimum absolute atomic E-state index is 0.479. The van der Waals surface area contributed by atoms with Crippen LogP contribution in [0.25, 0.3) is 0 Å². The van der Waals surface area contributed by atoms with E-state index >= 15 is 0 Å². The number of hydrogen-bond donors (Lipinski definition) is 0. The fourth-order valence-corrected chi connectivity index (χ4v) is 5.84. The third kappa shape index (κ3) is 4.78. The van der Waals surface area contributed by atoms with E-state index in [0.29, 0.717) is 6.54 Å². The van der Waals surface area contributed by atoms with Gasteiger partial charge in [0.25, 0.3) is 0 Å². The van der Waals surface area contributed by atoms with E-state index in [4.69, 9.17) is 9.57 Å². The van der Waals surface area contributed by atoms with Crippen molar-refractivity contribution < 1.29 is 9.57 Å². The average Bonchev–Trinajstić information content (AvgIpc) is 2.98. The lowest BCUT2D eigenvalue weighted by molar-refractivity contribution is 0.232. The predicted molar refractivity (Wildman–Crippen MR) is 163 cm³/mol. The molecule has 39 heavy (non-hydrogen) atoms. The molecule has 0 amide bonds. The van der Waals surface area contributed by atoms with Crippen LogP contribution in [-0.4, -0.2) is 40.8 Å². The van der Waals surface area contributed by atoms with Gasteiger partial charge in [-0.2, -0.15) is 0 Å². The maximum atomic E-state index is 6.68. The van der Waals surface area contributed by atoms with Gasteiger partial charge in [-0.3, -0.25) is 0 Å². The maximum Gasteiger partial charge on any atom is 0.161 e. The third-order valence-corrected chi connectivity index (χ3v) is 7.94. The molecule has 0 aromatic heterocycles. The highest BCUT2D eigenvalue weighted by atomic mass is 16.7. The molecule has 4 aromatic rings. The second kappa shape index (κ2) is 10.9. The molecule has 202 valence electrons. The van der Waals surface area contributed by atoms with E-state index in [1.807, 2.05) is 11.1 Å². The summed E-state index contributed by atoms with van der Waals surface area (Å²) in [5.74, 6) is 1.71. The van der Waals surface area contributed by atoms with Crippen LogP contribution in [0.1, 0.15) is 36.1 Å². The molecule has 5 nitrogen and oxygen atoms in total. The highest BCUT2D eigenvalue weighted by Gasteiger charge is 2.45. The standard InChI is InChI=1S/C34H39N3O2/c1-7-36(8-2)28-18-14-26(15-19-28)34(27-16-20-30(38-6)21-17-27)24-37(29-12-10-9-11-13-29)39-33-23-32(35(4)5)25(3)22-31(33)34/h9-23H,7-8,24H2,1-6H3. The van der Waals surface area contributed by atoms with Gasteiger partial charge < -0.3 is 19.4 Å². The van der Waals surface area contributed by atoms with E-state index in [9.17, 15) is 0 Å². The Hall–Kier alpha value is -4.12. The molecule has 1 atom stereocenters. The molecule has 5 heteroatoms. The molecule has 0 saturated carbocycles. The summed E-state index contributed by atoms with van der Waals surface area (Å²) in [5, 5.41) is 2.04. The van der Waals surface area contributed by atoms with Gasteiger partial charge in [-0.1, -0.05) is 42.5 Å². The van der Waals surface area contributed by atoms with Crippen LogP contribution in [-0.2, 0) is 5.41 Å². The highest BCUT2D eigenvalue weighted by Crippen LogP contribution is 2.50. The van der Waals surface area contributed by atoms with Gasteiger partial charge in [0, 0.05) is 50.2 Å². The quantitative estimate of drug-likeness (QED) is 0.247. The van der Waals surface area contributed by atoms with E-state index in [0.717, 1.165) is 36.0 Å². The van der Waals surface area contributed by atoms with Crippen molar-refractivity contribution in [2.45, 2.75) is 26.2 Å². The monoisotopic (exact) mass is 521 g/mol. The summed E-state index contributed by atoms with van der Waals surface area (Å²) in [4.78, 5) is 11.2. The molecule has 0 radical (unpaired) electrons. The fraction of sp³-hybridized carbons (Fsp3) is 0.294. The third-order valence-electron chi connectivity index (χ3n) is 7.94. The lowest BCUT2D eigenvalue weighted by Gasteiger charge is -2.45. The first-order valence-electron chi connectivity index (χ1n) is 13.7. The zero-order valence-corrected chi connectivity index (χ0v) is 23.9. The minimum atomic E-state index is -0.479. The van der Waals surface area contributed by atoms with E-state index in [-0.39, 0.29) is 0 Å². The number of nitrogens with zero attached hydrogens (tertiary/aromatic N) is 3. The van der Waals surface area contributed by atoms with Crippen LogP contribution >= 0.6 is 0 Å². The van der Waals surface area contributed by atoms with Gasteiger partial charge in [-0.25, -0.2) is 5.06 Å². The highest BCUT2D eigenvalue weighted by molar-refractivity contribution is 5.68. The Morgan fingerprint density at radius 3 is 2.03 bits per heavy atom. The summed E-state index contributed by atoms with van der Waals surface area (Å²) in [7, 11) is 5.87. The molecule has 0 spiro atoms. The van der Waals surface area contributed by atoms with Gasteiger partial charge in [-0.15, -0.1) is 0 Å². The lowest BCUT2D eigenvalue weighted by atomic mass is 9.68. The van der Waals surface area contributed by atoms with Gasteiger partial charge in [0.05, 0.1) is 24.8 Å². The Morgan fingerprint density at radius 1 is 0.846 bits per heavy atom. The van der Waals surface area contributed by atoms with Crippen molar-refractivity contribution in [1.82, 2.24) is 0 Å². The molecule has 0 bridgehead atoms. The first-order valence-corrected chi connectivity index (χ1v) is 13.7. The van der Waals surface area contributed by atoms with Crippen molar-refractivity contribution in [2.75, 3.05) is 55.7 Å². The second-order valence-corrected chi connectivity index (χ2v) is 10.3. The largest absolute Gasteiger partial charge is 0.497 e. The molecule has 5 rings (SSSR count). The number of hydroxylamine groups is 1. The van der Waals surface area contributed by atoms with Crippen LogP contribution in [0.3, 0.4) is 0 Å². The summed E-state index contributed by atoms with van der Waals surface area (Å²) in [6.45, 7) is 9.17. The van der Waals surface area contributed by atoms with Crippen molar-refractivity contribution in [3.05, 3.63) is 113 Å². The van der Waals surface area contributed by atoms with Crippen molar-refractivity contribution >= 4 is 17.1 Å². The van der Waals surface area contributed by atoms with Gasteiger partial charge in [-0.05, 0) is 79.9 Å². The molecule has 1 aliphatic heterocycles. The van der Waals surface area contributed by atoms with Gasteiger partial charge in [0.1, 0.15) is 5.75 Å². The Kier molecular flexibility index (Phi) is 7.42. The fourth-order valence-electron chi connectivity index (χ4n) is 5.84. The van der Waals surface area contributed by atoms with Crippen molar-refractivity contribution in [3.63, 3.8) is 0 Å². The van der Waals surface area contributed by atoms with Crippen LogP contribution in [0.4, 0.5) is 17.1 Å². The number of aryl methyl sites for hydroxylation is 1. The predicted octanol–water partition coefficient (Wildman–Crippen LogP) is 7.06. The van der Waals surface area contributed by atoms with Gasteiger partial charge in [0.2, 0.25) is 0 Å². The first kappa shape index (κ1) is 26.5. The van der Waals surface area contributed by atoms with Crippen LogP contribution in [0.2, 0.25) is 0 Å². The molecule has 0 saturated heterocycles. The SMILES string of the molecule is CCN(CC)c1ccc(C2(c3ccc(OC)cc3)CN(c3ccccc3)Oc3cc(N(C)C)c(C)cc32)cc1. The van der Waals surface area contributed by atoms with Crippen LogP contribution in [0.5, 0.6) is 11.5 Å². The number of fused-ring (bicyclic) bond motifs is 1. The summed E-state index contributed by atoms with van der Waals surface area (Å²) < 4.78 is 5.54. The Bertz CT molecular complexity index is 1400. The summed E-state index contributed by atoms with van der Waals surface area (Å²) in [6.07, 6.45) is 0. The number of methoxy groups -OCH3 is 1. The molecule has 1 aliphatic rings. The molecule has 0 N–H and O–H groups in total. The van der Waals surface area contributed by atoms with Gasteiger partial charge >= 0.3 is 0 Å². The zero-order valence-electron chi connectivity index (χ0n) is 23.9. The molecular weight excluding hydrogens is 482 g/mol. The molecule has 1 heterocycles. The molecular formula is C34H39N3O2. The normalized spacial score (nSPS) is 16.3. The minimum Gasteiger partial charge on any atom is -0.497 e. The summed E-state index contributed by atoms with van der Waals surface area (Å²) in [5.41, 5.74) is 7.73. The number of para-hydroxylation sites is 1. The van der Waals surface area contributed by atoms with E-state index in [1.54, 1.807) is 7.11 Å².